The van der Waals surface area contributed by atoms with Crippen molar-refractivity contribution in [3.8, 4) is 6.07 Å². The lowest BCUT2D eigenvalue weighted by molar-refractivity contribution is 0.0519. The topological polar surface area (TPSA) is 79.4 Å². The molecule has 1 aromatic carbocycles. The molecular weight excluding hydrogens is 270 g/mol. The maximum atomic E-state index is 11.5. The Labute approximate surface area is 122 Å². The van der Waals surface area contributed by atoms with Crippen LogP contribution in [-0.2, 0) is 11.3 Å². The molecule has 2 aromatic rings. The molecule has 0 bridgehead atoms. The summed E-state index contributed by atoms with van der Waals surface area (Å²) in [6.45, 7) is 2.53. The number of hydrogen-bond donors (Lipinski definition) is 0. The first kappa shape index (κ1) is 14.6. The zero-order valence-electron chi connectivity index (χ0n) is 11.9. The molecule has 0 unspecified atom stereocenters. The van der Waals surface area contributed by atoms with Gasteiger partial charge in [-0.25, -0.2) is 4.79 Å². The van der Waals surface area contributed by atoms with E-state index in [9.17, 15) is 4.79 Å². The Bertz CT molecular complexity index is 673. The van der Waals surface area contributed by atoms with Crippen LogP contribution >= 0.6 is 0 Å². The summed E-state index contributed by atoms with van der Waals surface area (Å²) >= 11 is 0. The van der Waals surface area contributed by atoms with E-state index < -0.39 is 5.97 Å². The van der Waals surface area contributed by atoms with Gasteiger partial charge in [-0.3, -0.25) is 0 Å². The number of ether oxygens (including phenoxy) is 1. The lowest BCUT2D eigenvalue weighted by Crippen LogP contribution is -2.17. The number of oxazole rings is 1. The molecule has 0 saturated heterocycles. The van der Waals surface area contributed by atoms with E-state index in [1.54, 1.807) is 31.0 Å². The van der Waals surface area contributed by atoms with Crippen molar-refractivity contribution in [2.75, 3.05) is 18.6 Å². The van der Waals surface area contributed by atoms with Crippen molar-refractivity contribution in [2.45, 2.75) is 13.5 Å². The van der Waals surface area contributed by atoms with Crippen molar-refractivity contribution in [1.82, 2.24) is 4.98 Å². The number of nitriles is 1. The van der Waals surface area contributed by atoms with Crippen molar-refractivity contribution < 1.29 is 13.9 Å². The Morgan fingerprint density at radius 2 is 2.33 bits per heavy atom. The first-order valence-electron chi connectivity index (χ1n) is 6.47. The Morgan fingerprint density at radius 3 is 3.05 bits per heavy atom. The number of rotatable bonds is 5. The quantitative estimate of drug-likeness (QED) is 0.785. The molecule has 0 aliphatic carbocycles. The van der Waals surface area contributed by atoms with Crippen LogP contribution in [0.2, 0.25) is 0 Å². The summed E-state index contributed by atoms with van der Waals surface area (Å²) in [4.78, 5) is 17.4. The van der Waals surface area contributed by atoms with Gasteiger partial charge in [-0.2, -0.15) is 10.2 Å². The molecule has 21 heavy (non-hydrogen) atoms. The van der Waals surface area contributed by atoms with Crippen LogP contribution in [0.1, 0.15) is 28.5 Å². The summed E-state index contributed by atoms with van der Waals surface area (Å²) in [6.07, 6.45) is 1.27. The third-order valence-electron chi connectivity index (χ3n) is 2.78. The predicted molar refractivity (Wildman–Crippen MR) is 75.7 cm³/mol. The first-order valence-corrected chi connectivity index (χ1v) is 6.47. The van der Waals surface area contributed by atoms with Crippen LogP contribution in [-0.4, -0.2) is 24.6 Å². The van der Waals surface area contributed by atoms with E-state index in [0.29, 0.717) is 18.1 Å². The Morgan fingerprint density at radius 1 is 1.52 bits per heavy atom. The van der Waals surface area contributed by atoms with Crippen LogP contribution in [0, 0.1) is 11.3 Å². The minimum Gasteiger partial charge on any atom is -0.461 e. The van der Waals surface area contributed by atoms with Gasteiger partial charge < -0.3 is 14.1 Å². The molecule has 0 saturated carbocycles. The molecule has 0 spiro atoms. The van der Waals surface area contributed by atoms with Gasteiger partial charge in [-0.15, -0.1) is 0 Å². The molecule has 0 radical (unpaired) electrons. The zero-order chi connectivity index (χ0) is 15.2. The van der Waals surface area contributed by atoms with Crippen molar-refractivity contribution in [1.29, 1.82) is 5.26 Å². The fraction of sp³-hybridized carbons (Fsp3) is 0.267. The molecule has 0 N–H and O–H groups in total. The van der Waals surface area contributed by atoms with Crippen LogP contribution in [0.15, 0.2) is 34.9 Å². The first-order chi connectivity index (χ1) is 10.1. The fourth-order valence-corrected chi connectivity index (χ4v) is 1.82. The van der Waals surface area contributed by atoms with E-state index in [4.69, 9.17) is 14.4 Å². The Hall–Kier alpha value is -2.81. The SMILES string of the molecule is CCOC(=O)c1coc(N(C)Cc2cccc(C#N)c2)n1. The van der Waals surface area contributed by atoms with Crippen LogP contribution in [0.5, 0.6) is 0 Å². The van der Waals surface area contributed by atoms with Crippen molar-refractivity contribution in [3.05, 3.63) is 47.3 Å². The van der Waals surface area contributed by atoms with Crippen LogP contribution < -0.4 is 4.90 Å². The zero-order valence-corrected chi connectivity index (χ0v) is 11.9. The van der Waals surface area contributed by atoms with Gasteiger partial charge in [-0.1, -0.05) is 12.1 Å². The van der Waals surface area contributed by atoms with Gasteiger partial charge in [0.15, 0.2) is 5.69 Å². The highest BCUT2D eigenvalue weighted by atomic mass is 16.5. The highest BCUT2D eigenvalue weighted by Crippen LogP contribution is 2.16. The van der Waals surface area contributed by atoms with Gasteiger partial charge in [0.2, 0.25) is 0 Å². The third-order valence-corrected chi connectivity index (χ3v) is 2.78. The number of aromatic nitrogens is 1. The number of anilines is 1. The van der Waals surface area contributed by atoms with E-state index in [0.717, 1.165) is 5.56 Å². The summed E-state index contributed by atoms with van der Waals surface area (Å²) in [5, 5.41) is 8.88. The van der Waals surface area contributed by atoms with E-state index in [1.807, 2.05) is 12.1 Å². The molecule has 0 atom stereocenters. The molecule has 0 fully saturated rings. The number of carbonyl (C=O) groups excluding carboxylic acids is 1. The highest BCUT2D eigenvalue weighted by molar-refractivity contribution is 5.87. The second kappa shape index (κ2) is 6.57. The van der Waals surface area contributed by atoms with Crippen LogP contribution in [0.25, 0.3) is 0 Å². The van der Waals surface area contributed by atoms with Crippen molar-refractivity contribution in [3.63, 3.8) is 0 Å². The molecule has 1 heterocycles. The van der Waals surface area contributed by atoms with Crippen LogP contribution in [0.3, 0.4) is 0 Å². The van der Waals surface area contributed by atoms with Gasteiger partial charge in [0.05, 0.1) is 18.2 Å². The van der Waals surface area contributed by atoms with Crippen LogP contribution in [0.4, 0.5) is 6.01 Å². The Balaban J connectivity index is 2.08. The normalized spacial score (nSPS) is 9.95. The average molecular weight is 285 g/mol. The van der Waals surface area contributed by atoms with Gasteiger partial charge in [-0.05, 0) is 24.6 Å². The van der Waals surface area contributed by atoms with Gasteiger partial charge in [0, 0.05) is 13.6 Å². The molecule has 6 heteroatoms. The molecule has 0 aliphatic rings. The lowest BCUT2D eigenvalue weighted by atomic mass is 10.1. The summed E-state index contributed by atoms with van der Waals surface area (Å²) in [5.74, 6) is -0.507. The second-order valence-electron chi connectivity index (χ2n) is 4.40. The van der Waals surface area contributed by atoms with Crippen molar-refractivity contribution in [2.24, 2.45) is 0 Å². The summed E-state index contributed by atoms with van der Waals surface area (Å²) in [6, 6.07) is 9.69. The lowest BCUT2D eigenvalue weighted by Gasteiger charge is -2.14. The Kier molecular flexibility index (Phi) is 4.57. The van der Waals surface area contributed by atoms with E-state index >= 15 is 0 Å². The summed E-state index contributed by atoms with van der Waals surface area (Å²) in [7, 11) is 1.79. The molecule has 0 amide bonds. The largest absolute Gasteiger partial charge is 0.461 e. The van der Waals surface area contributed by atoms with E-state index in [2.05, 4.69) is 11.1 Å². The van der Waals surface area contributed by atoms with Gasteiger partial charge in [0.1, 0.15) is 6.26 Å². The maximum Gasteiger partial charge on any atom is 0.360 e. The molecule has 0 aliphatic heterocycles. The number of esters is 1. The predicted octanol–water partition coefficient (Wildman–Crippen LogP) is 2.36. The minimum absolute atomic E-state index is 0.143. The molecule has 108 valence electrons. The van der Waals surface area contributed by atoms with Gasteiger partial charge >= 0.3 is 5.97 Å². The number of hydrogen-bond acceptors (Lipinski definition) is 6. The molecule has 1 aromatic heterocycles. The number of nitrogens with zero attached hydrogens (tertiary/aromatic N) is 3. The minimum atomic E-state index is -0.507. The van der Waals surface area contributed by atoms with E-state index in [1.165, 1.54) is 6.26 Å². The third kappa shape index (κ3) is 3.60. The molecule has 6 nitrogen and oxygen atoms in total. The average Bonchev–Trinajstić information content (AvgIpc) is 2.98. The summed E-state index contributed by atoms with van der Waals surface area (Å²) in [5.41, 5.74) is 1.69. The maximum absolute atomic E-state index is 11.5. The number of benzene rings is 1. The number of carbonyl (C=O) groups is 1. The van der Waals surface area contributed by atoms with E-state index in [-0.39, 0.29) is 12.3 Å². The van der Waals surface area contributed by atoms with Gasteiger partial charge in [0.25, 0.3) is 6.01 Å². The highest BCUT2D eigenvalue weighted by Gasteiger charge is 2.15. The standard InChI is InChI=1S/C15H15N3O3/c1-3-20-14(19)13-10-21-15(17-13)18(2)9-12-6-4-5-11(7-12)8-16/h4-7,10H,3,9H2,1-2H3. The molecule has 2 rings (SSSR count). The smallest absolute Gasteiger partial charge is 0.360 e. The molecular formula is C15H15N3O3. The summed E-state index contributed by atoms with van der Waals surface area (Å²) < 4.78 is 10.1. The monoisotopic (exact) mass is 285 g/mol. The second-order valence-corrected chi connectivity index (χ2v) is 4.40. The van der Waals surface area contributed by atoms with Crippen molar-refractivity contribution >= 4 is 12.0 Å². The fourth-order valence-electron chi connectivity index (χ4n) is 1.82.